The molecule has 0 aliphatic rings. The average Bonchev–Trinajstić information content (AvgIpc) is 2.36. The van der Waals surface area contributed by atoms with Crippen LogP contribution in [0.2, 0.25) is 5.02 Å². The molecule has 0 unspecified atom stereocenters. The monoisotopic (exact) mass is 255 g/mol. The number of ether oxygens (including phenoxy) is 1. The summed E-state index contributed by atoms with van der Waals surface area (Å²) < 4.78 is 5.19. The number of hydrogen-bond acceptors (Lipinski definition) is 2. The van der Waals surface area contributed by atoms with Crippen molar-refractivity contribution in [1.82, 2.24) is 5.32 Å². The SMILES string of the molecule is CCC(CC)(CNC)c1ccc(OC)c(Cl)c1. The van der Waals surface area contributed by atoms with Crippen LogP contribution in [0.25, 0.3) is 0 Å². The van der Waals surface area contributed by atoms with Crippen molar-refractivity contribution in [2.24, 2.45) is 0 Å². The van der Waals surface area contributed by atoms with Crippen molar-refractivity contribution < 1.29 is 4.74 Å². The molecule has 0 aliphatic heterocycles. The highest BCUT2D eigenvalue weighted by molar-refractivity contribution is 6.32. The first kappa shape index (κ1) is 14.3. The minimum atomic E-state index is 0.157. The zero-order chi connectivity index (χ0) is 12.9. The third-order valence-electron chi connectivity index (χ3n) is 3.63. The molecule has 1 rings (SSSR count). The molecule has 0 radical (unpaired) electrons. The maximum absolute atomic E-state index is 6.20. The molecule has 0 bridgehead atoms. The Hall–Kier alpha value is -0.730. The van der Waals surface area contributed by atoms with Crippen LogP contribution in [0.3, 0.4) is 0 Å². The molecule has 1 aromatic carbocycles. The summed E-state index contributed by atoms with van der Waals surface area (Å²) in [5.74, 6) is 0.737. The molecule has 0 amide bonds. The summed E-state index contributed by atoms with van der Waals surface area (Å²) in [5.41, 5.74) is 1.44. The Morgan fingerprint density at radius 3 is 2.35 bits per heavy atom. The van der Waals surface area contributed by atoms with Gasteiger partial charge in [0.05, 0.1) is 12.1 Å². The number of halogens is 1. The third-order valence-corrected chi connectivity index (χ3v) is 3.93. The van der Waals surface area contributed by atoms with E-state index in [0.717, 1.165) is 25.1 Å². The standard InChI is InChI=1S/C14H22ClNO/c1-5-14(6-2,10-16-3)11-7-8-13(17-4)12(15)9-11/h7-9,16H,5-6,10H2,1-4H3. The molecule has 0 spiro atoms. The van der Waals surface area contributed by atoms with Gasteiger partial charge in [-0.2, -0.15) is 0 Å². The highest BCUT2D eigenvalue weighted by Crippen LogP contribution is 2.35. The quantitative estimate of drug-likeness (QED) is 0.838. The van der Waals surface area contributed by atoms with Gasteiger partial charge in [-0.15, -0.1) is 0 Å². The van der Waals surface area contributed by atoms with Crippen LogP contribution in [0.5, 0.6) is 5.75 Å². The molecule has 0 saturated heterocycles. The summed E-state index contributed by atoms with van der Waals surface area (Å²) in [5, 5.41) is 3.97. The molecule has 0 heterocycles. The van der Waals surface area contributed by atoms with Crippen molar-refractivity contribution in [3.05, 3.63) is 28.8 Å². The molecule has 0 aromatic heterocycles. The summed E-state index contributed by atoms with van der Waals surface area (Å²) >= 11 is 6.20. The van der Waals surface area contributed by atoms with Gasteiger partial charge in [-0.05, 0) is 37.6 Å². The molecule has 0 aliphatic carbocycles. The normalized spacial score (nSPS) is 11.6. The minimum Gasteiger partial charge on any atom is -0.495 e. The summed E-state index contributed by atoms with van der Waals surface area (Å²) in [4.78, 5) is 0. The summed E-state index contributed by atoms with van der Waals surface area (Å²) in [6, 6.07) is 6.10. The number of rotatable bonds is 6. The predicted octanol–water partition coefficient (Wildman–Crippen LogP) is 3.63. The van der Waals surface area contributed by atoms with E-state index in [1.165, 1.54) is 5.56 Å². The molecule has 1 N–H and O–H groups in total. The fourth-order valence-electron chi connectivity index (χ4n) is 2.34. The maximum Gasteiger partial charge on any atom is 0.137 e. The lowest BCUT2D eigenvalue weighted by Crippen LogP contribution is -2.35. The van der Waals surface area contributed by atoms with Gasteiger partial charge in [0.15, 0.2) is 0 Å². The summed E-state index contributed by atoms with van der Waals surface area (Å²) in [7, 11) is 3.63. The highest BCUT2D eigenvalue weighted by Gasteiger charge is 2.28. The van der Waals surface area contributed by atoms with Gasteiger partial charge in [-0.3, -0.25) is 0 Å². The Kier molecular flexibility index (Phi) is 5.29. The lowest BCUT2D eigenvalue weighted by Gasteiger charge is -2.32. The van der Waals surface area contributed by atoms with Gasteiger partial charge in [-0.25, -0.2) is 0 Å². The van der Waals surface area contributed by atoms with Crippen molar-refractivity contribution in [2.75, 3.05) is 20.7 Å². The van der Waals surface area contributed by atoms with Gasteiger partial charge in [0.2, 0.25) is 0 Å². The van der Waals surface area contributed by atoms with Crippen molar-refractivity contribution in [1.29, 1.82) is 0 Å². The molecule has 0 atom stereocenters. The first-order chi connectivity index (χ1) is 8.13. The van der Waals surface area contributed by atoms with Crippen molar-refractivity contribution in [3.8, 4) is 5.75 Å². The van der Waals surface area contributed by atoms with Crippen molar-refractivity contribution in [2.45, 2.75) is 32.1 Å². The molecular weight excluding hydrogens is 234 g/mol. The van der Waals surface area contributed by atoms with Crippen LogP contribution < -0.4 is 10.1 Å². The van der Waals surface area contributed by atoms with Crippen LogP contribution in [0.15, 0.2) is 18.2 Å². The largest absolute Gasteiger partial charge is 0.495 e. The maximum atomic E-state index is 6.20. The Morgan fingerprint density at radius 2 is 1.94 bits per heavy atom. The Labute approximate surface area is 109 Å². The zero-order valence-electron chi connectivity index (χ0n) is 11.1. The van der Waals surface area contributed by atoms with Gasteiger partial charge >= 0.3 is 0 Å². The topological polar surface area (TPSA) is 21.3 Å². The lowest BCUT2D eigenvalue weighted by atomic mass is 9.76. The van der Waals surface area contributed by atoms with Gasteiger partial charge < -0.3 is 10.1 Å². The van der Waals surface area contributed by atoms with E-state index in [2.05, 4.69) is 25.2 Å². The van der Waals surface area contributed by atoms with E-state index in [-0.39, 0.29) is 5.41 Å². The predicted molar refractivity (Wildman–Crippen MR) is 74.2 cm³/mol. The second kappa shape index (κ2) is 6.27. The van der Waals surface area contributed by atoms with Crippen molar-refractivity contribution in [3.63, 3.8) is 0 Å². The van der Waals surface area contributed by atoms with Crippen molar-refractivity contribution >= 4 is 11.6 Å². The summed E-state index contributed by atoms with van der Waals surface area (Å²) in [6.45, 7) is 5.40. The van der Waals surface area contributed by atoms with E-state index in [9.17, 15) is 0 Å². The molecule has 96 valence electrons. The van der Waals surface area contributed by atoms with Gasteiger partial charge in [0.1, 0.15) is 5.75 Å². The molecule has 0 saturated carbocycles. The van der Waals surface area contributed by atoms with Gasteiger partial charge in [0.25, 0.3) is 0 Å². The molecular formula is C14H22ClNO. The van der Waals surface area contributed by atoms with Crippen LogP contribution in [0.1, 0.15) is 32.3 Å². The number of methoxy groups -OCH3 is 1. The lowest BCUT2D eigenvalue weighted by molar-refractivity contribution is 0.378. The highest BCUT2D eigenvalue weighted by atomic mass is 35.5. The number of hydrogen-bond donors (Lipinski definition) is 1. The van der Waals surface area contributed by atoms with E-state index in [1.807, 2.05) is 19.2 Å². The van der Waals surface area contributed by atoms with Crippen LogP contribution >= 0.6 is 11.6 Å². The van der Waals surface area contributed by atoms with E-state index in [1.54, 1.807) is 7.11 Å². The minimum absolute atomic E-state index is 0.157. The van der Waals surface area contributed by atoms with Gasteiger partial charge in [-0.1, -0.05) is 31.5 Å². The fraction of sp³-hybridized carbons (Fsp3) is 0.571. The second-order valence-electron chi connectivity index (χ2n) is 4.37. The first-order valence-corrected chi connectivity index (χ1v) is 6.50. The molecule has 0 fully saturated rings. The smallest absolute Gasteiger partial charge is 0.137 e. The van der Waals surface area contributed by atoms with Crippen LogP contribution in [-0.2, 0) is 5.41 Å². The molecule has 1 aromatic rings. The van der Waals surface area contributed by atoms with E-state index >= 15 is 0 Å². The Morgan fingerprint density at radius 1 is 1.29 bits per heavy atom. The van der Waals surface area contributed by atoms with E-state index < -0.39 is 0 Å². The zero-order valence-corrected chi connectivity index (χ0v) is 11.9. The Balaban J connectivity index is 3.14. The molecule has 17 heavy (non-hydrogen) atoms. The second-order valence-corrected chi connectivity index (χ2v) is 4.77. The van der Waals surface area contributed by atoms with E-state index in [4.69, 9.17) is 16.3 Å². The van der Waals surface area contributed by atoms with Gasteiger partial charge in [0, 0.05) is 12.0 Å². The van der Waals surface area contributed by atoms with Crippen LogP contribution in [0.4, 0.5) is 0 Å². The number of benzene rings is 1. The van der Waals surface area contributed by atoms with Crippen LogP contribution in [0, 0.1) is 0 Å². The molecule has 2 nitrogen and oxygen atoms in total. The molecule has 3 heteroatoms. The van der Waals surface area contributed by atoms with E-state index in [0.29, 0.717) is 5.02 Å². The Bertz CT molecular complexity index is 361. The first-order valence-electron chi connectivity index (χ1n) is 6.12. The third kappa shape index (κ3) is 2.93. The average molecular weight is 256 g/mol. The number of nitrogens with one attached hydrogen (secondary N) is 1. The number of likely N-dealkylation sites (N-methyl/N-ethyl adjacent to an activating group) is 1. The summed E-state index contributed by atoms with van der Waals surface area (Å²) in [6.07, 6.45) is 2.18. The van der Waals surface area contributed by atoms with Crippen LogP contribution in [-0.4, -0.2) is 20.7 Å². The fourth-order valence-corrected chi connectivity index (χ4v) is 2.60.